The Bertz CT molecular complexity index is 405. The Hall–Kier alpha value is -1.88. The Morgan fingerprint density at radius 1 is 1.35 bits per heavy atom. The topological polar surface area (TPSA) is 67.4 Å². The lowest BCUT2D eigenvalue weighted by Gasteiger charge is -2.09. The Balaban J connectivity index is 1.76. The second-order valence-electron chi connectivity index (χ2n) is 3.80. The van der Waals surface area contributed by atoms with Crippen molar-refractivity contribution in [1.29, 1.82) is 0 Å². The van der Waals surface area contributed by atoms with Crippen molar-refractivity contribution in [3.63, 3.8) is 0 Å². The summed E-state index contributed by atoms with van der Waals surface area (Å²) in [7, 11) is 0. The summed E-state index contributed by atoms with van der Waals surface area (Å²) in [5.41, 5.74) is 0.744. The van der Waals surface area contributed by atoms with Gasteiger partial charge in [-0.05, 0) is 12.1 Å². The number of esters is 1. The van der Waals surface area contributed by atoms with Gasteiger partial charge in [0, 0.05) is 12.1 Å². The van der Waals surface area contributed by atoms with E-state index in [1.165, 1.54) is 0 Å². The number of rotatable bonds is 4. The molecular formula is C12H14N2O3. The van der Waals surface area contributed by atoms with Crippen LogP contribution in [0.5, 0.6) is 0 Å². The highest BCUT2D eigenvalue weighted by molar-refractivity contribution is 5.92. The Labute approximate surface area is 99.2 Å². The zero-order valence-corrected chi connectivity index (χ0v) is 9.31. The van der Waals surface area contributed by atoms with Crippen LogP contribution >= 0.6 is 0 Å². The summed E-state index contributed by atoms with van der Waals surface area (Å²) >= 11 is 0. The summed E-state index contributed by atoms with van der Waals surface area (Å²) in [6.45, 7) is 0.533. The third-order valence-electron chi connectivity index (χ3n) is 2.50. The maximum Gasteiger partial charge on any atom is 0.323 e. The largest absolute Gasteiger partial charge is 0.464 e. The lowest BCUT2D eigenvalue weighted by molar-refractivity contribution is -0.139. The lowest BCUT2D eigenvalue weighted by Crippen LogP contribution is -2.38. The fourth-order valence-corrected chi connectivity index (χ4v) is 1.62. The van der Waals surface area contributed by atoms with Gasteiger partial charge in [0.15, 0.2) is 0 Å². The smallest absolute Gasteiger partial charge is 0.323 e. The Morgan fingerprint density at radius 2 is 2.12 bits per heavy atom. The van der Waals surface area contributed by atoms with Crippen LogP contribution in [0.3, 0.4) is 0 Å². The van der Waals surface area contributed by atoms with Crippen LogP contribution in [0.4, 0.5) is 5.69 Å². The van der Waals surface area contributed by atoms with Crippen molar-refractivity contribution in [3.8, 4) is 0 Å². The van der Waals surface area contributed by atoms with E-state index in [1.807, 2.05) is 30.3 Å². The van der Waals surface area contributed by atoms with E-state index in [9.17, 15) is 9.59 Å². The van der Waals surface area contributed by atoms with Gasteiger partial charge in [0.1, 0.15) is 6.04 Å². The minimum absolute atomic E-state index is 0.106. The maximum absolute atomic E-state index is 11.6. The number of carbonyl (C=O) groups is 2. The predicted octanol–water partition coefficient (Wildman–Crippen LogP) is 0.530. The molecule has 1 aliphatic rings. The summed E-state index contributed by atoms with van der Waals surface area (Å²) < 4.78 is 4.78. The molecule has 1 aliphatic heterocycles. The first-order valence-corrected chi connectivity index (χ1v) is 5.50. The zero-order valence-electron chi connectivity index (χ0n) is 9.31. The van der Waals surface area contributed by atoms with Crippen molar-refractivity contribution in [2.45, 2.75) is 12.5 Å². The molecule has 1 saturated heterocycles. The van der Waals surface area contributed by atoms with Crippen molar-refractivity contribution in [3.05, 3.63) is 30.3 Å². The van der Waals surface area contributed by atoms with Crippen molar-refractivity contribution >= 4 is 17.6 Å². The monoisotopic (exact) mass is 234 g/mol. The van der Waals surface area contributed by atoms with Gasteiger partial charge in [-0.2, -0.15) is 0 Å². The van der Waals surface area contributed by atoms with Crippen LogP contribution < -0.4 is 10.6 Å². The molecule has 1 aromatic rings. The van der Waals surface area contributed by atoms with Gasteiger partial charge in [0.2, 0.25) is 5.91 Å². The van der Waals surface area contributed by atoms with Crippen LogP contribution in [0.1, 0.15) is 6.42 Å². The molecule has 2 rings (SSSR count). The molecule has 1 fully saturated rings. The number of ether oxygens (including phenoxy) is 1. The van der Waals surface area contributed by atoms with Crippen molar-refractivity contribution in [1.82, 2.24) is 5.32 Å². The minimum Gasteiger partial charge on any atom is -0.464 e. The van der Waals surface area contributed by atoms with E-state index < -0.39 is 0 Å². The molecule has 1 aromatic carbocycles. The number of hydrogen-bond donors (Lipinski definition) is 2. The first-order valence-electron chi connectivity index (χ1n) is 5.50. The number of cyclic esters (lactones) is 1. The van der Waals surface area contributed by atoms with E-state index in [4.69, 9.17) is 4.74 Å². The molecule has 0 aromatic heterocycles. The van der Waals surface area contributed by atoms with Gasteiger partial charge >= 0.3 is 5.97 Å². The Morgan fingerprint density at radius 3 is 2.76 bits per heavy atom. The van der Waals surface area contributed by atoms with Gasteiger partial charge in [0.05, 0.1) is 13.2 Å². The molecule has 1 amide bonds. The predicted molar refractivity (Wildman–Crippen MR) is 62.4 cm³/mol. The lowest BCUT2D eigenvalue weighted by atomic mass is 10.2. The third-order valence-corrected chi connectivity index (χ3v) is 2.50. The van der Waals surface area contributed by atoms with Crippen LogP contribution in [0.15, 0.2) is 30.3 Å². The van der Waals surface area contributed by atoms with E-state index >= 15 is 0 Å². The highest BCUT2D eigenvalue weighted by Crippen LogP contribution is 2.06. The molecule has 1 heterocycles. The highest BCUT2D eigenvalue weighted by atomic mass is 16.5. The van der Waals surface area contributed by atoms with Gasteiger partial charge in [-0.25, -0.2) is 0 Å². The summed E-state index contributed by atoms with van der Waals surface area (Å²) in [5.74, 6) is -0.451. The van der Waals surface area contributed by atoms with Gasteiger partial charge < -0.3 is 10.1 Å². The number of nitrogens with one attached hydrogen (secondary N) is 2. The van der Waals surface area contributed by atoms with E-state index in [0.29, 0.717) is 13.0 Å². The van der Waals surface area contributed by atoms with E-state index in [-0.39, 0.29) is 24.5 Å². The molecule has 0 radical (unpaired) electrons. The van der Waals surface area contributed by atoms with Gasteiger partial charge in [-0.1, -0.05) is 18.2 Å². The van der Waals surface area contributed by atoms with E-state index in [1.54, 1.807) is 0 Å². The summed E-state index contributed by atoms with van der Waals surface area (Å²) in [6, 6.07) is 8.83. The van der Waals surface area contributed by atoms with E-state index in [0.717, 1.165) is 5.69 Å². The average molecular weight is 234 g/mol. The molecule has 5 heteroatoms. The number of benzene rings is 1. The molecule has 0 bridgehead atoms. The normalized spacial score (nSPS) is 18.8. The maximum atomic E-state index is 11.6. The first kappa shape index (κ1) is 11.6. The fourth-order valence-electron chi connectivity index (χ4n) is 1.62. The fraction of sp³-hybridized carbons (Fsp3) is 0.333. The average Bonchev–Trinajstić information content (AvgIpc) is 2.74. The number of para-hydroxylation sites is 1. The molecule has 5 nitrogen and oxygen atoms in total. The standard InChI is InChI=1S/C12H14N2O3/c15-11(14-9-4-2-1-3-5-9)8-13-10-6-7-17-12(10)16/h1-5,10,13H,6-8H2,(H,14,15). The second-order valence-corrected chi connectivity index (χ2v) is 3.80. The van der Waals surface area contributed by atoms with Crippen LogP contribution in [0.2, 0.25) is 0 Å². The number of amides is 1. The molecule has 1 unspecified atom stereocenters. The quantitative estimate of drug-likeness (QED) is 0.746. The first-order chi connectivity index (χ1) is 8.25. The van der Waals surface area contributed by atoms with Crippen molar-refractivity contribution in [2.24, 2.45) is 0 Å². The van der Waals surface area contributed by atoms with Crippen LogP contribution in [0.25, 0.3) is 0 Å². The molecule has 0 spiro atoms. The molecular weight excluding hydrogens is 220 g/mol. The highest BCUT2D eigenvalue weighted by Gasteiger charge is 2.26. The summed E-state index contributed by atoms with van der Waals surface area (Å²) in [4.78, 5) is 22.7. The summed E-state index contributed by atoms with van der Waals surface area (Å²) in [6.07, 6.45) is 0.622. The number of anilines is 1. The molecule has 0 aliphatic carbocycles. The number of carbonyl (C=O) groups excluding carboxylic acids is 2. The molecule has 2 N–H and O–H groups in total. The summed E-state index contributed by atoms with van der Waals surface area (Å²) in [5, 5.41) is 5.59. The molecule has 90 valence electrons. The van der Waals surface area contributed by atoms with E-state index in [2.05, 4.69) is 10.6 Å². The van der Waals surface area contributed by atoms with Crippen molar-refractivity contribution < 1.29 is 14.3 Å². The Kier molecular flexibility index (Phi) is 3.72. The molecule has 17 heavy (non-hydrogen) atoms. The minimum atomic E-state index is -0.350. The van der Waals surface area contributed by atoms with Gasteiger partial charge in [0.25, 0.3) is 0 Å². The molecule has 0 saturated carbocycles. The third kappa shape index (κ3) is 3.29. The van der Waals surface area contributed by atoms with Crippen molar-refractivity contribution in [2.75, 3.05) is 18.5 Å². The van der Waals surface area contributed by atoms with Gasteiger partial charge in [-0.3, -0.25) is 14.9 Å². The van der Waals surface area contributed by atoms with Gasteiger partial charge in [-0.15, -0.1) is 0 Å². The number of hydrogen-bond acceptors (Lipinski definition) is 4. The van der Waals surface area contributed by atoms with Crippen LogP contribution in [-0.4, -0.2) is 31.1 Å². The SMILES string of the molecule is O=C(CNC1CCOC1=O)Nc1ccccc1. The van der Waals surface area contributed by atoms with Crippen LogP contribution in [0, 0.1) is 0 Å². The zero-order chi connectivity index (χ0) is 12.1. The molecule has 1 atom stereocenters. The second kappa shape index (κ2) is 5.45. The van der Waals surface area contributed by atoms with Crippen LogP contribution in [-0.2, 0) is 14.3 Å².